The number of hydrogen-bond acceptors (Lipinski definition) is 2. The van der Waals surface area contributed by atoms with Crippen LogP contribution in [0.1, 0.15) is 5.56 Å². The Balaban J connectivity index is 0.00000144. The van der Waals surface area contributed by atoms with E-state index in [9.17, 15) is 4.79 Å². The van der Waals surface area contributed by atoms with Gasteiger partial charge in [-0.2, -0.15) is 0 Å². The van der Waals surface area contributed by atoms with Gasteiger partial charge in [-0.1, -0.05) is 30.3 Å². The van der Waals surface area contributed by atoms with Crippen LogP contribution in [-0.2, 0) is 6.54 Å². The third-order valence-corrected chi connectivity index (χ3v) is 2.68. The van der Waals surface area contributed by atoms with Gasteiger partial charge in [0.25, 0.3) is 0 Å². The molecule has 0 unspecified atom stereocenters. The molecule has 0 aromatic heterocycles. The molecule has 1 heterocycles. The van der Waals surface area contributed by atoms with Crippen LogP contribution in [0.3, 0.4) is 0 Å². The Labute approximate surface area is 108 Å². The van der Waals surface area contributed by atoms with E-state index in [2.05, 4.69) is 22.8 Å². The Morgan fingerprint density at radius 2 is 2.06 bits per heavy atom. The number of carbonyl (C=O) groups is 1. The third kappa shape index (κ3) is 4.24. The highest BCUT2D eigenvalue weighted by Gasteiger charge is 2.17. The largest absolute Gasteiger partial charge is 0.336 e. The molecule has 4 nitrogen and oxygen atoms in total. The first kappa shape index (κ1) is 13.8. The maximum absolute atomic E-state index is 11.2. The number of rotatable bonds is 5. The SMILES string of the molecule is Cl.O=C1NCCN1CCNCc1ccccc1. The zero-order valence-corrected chi connectivity index (χ0v) is 10.5. The smallest absolute Gasteiger partial charge is 0.317 e. The second kappa shape index (κ2) is 7.14. The van der Waals surface area contributed by atoms with E-state index in [1.54, 1.807) is 0 Å². The number of urea groups is 1. The topological polar surface area (TPSA) is 44.4 Å². The molecule has 94 valence electrons. The standard InChI is InChI=1S/C12H17N3O.ClH/c16-12-14-7-9-15(12)8-6-13-10-11-4-2-1-3-5-11;/h1-5,13H,6-10H2,(H,14,16);1H. The molecule has 2 rings (SSSR count). The highest BCUT2D eigenvalue weighted by molar-refractivity contribution is 5.85. The quantitative estimate of drug-likeness (QED) is 0.778. The zero-order chi connectivity index (χ0) is 11.2. The minimum absolute atomic E-state index is 0. The second-order valence-electron chi connectivity index (χ2n) is 3.88. The molecular weight excluding hydrogens is 238 g/mol. The van der Waals surface area contributed by atoms with E-state index in [4.69, 9.17) is 0 Å². The summed E-state index contributed by atoms with van der Waals surface area (Å²) in [4.78, 5) is 13.1. The van der Waals surface area contributed by atoms with Crippen molar-refractivity contribution in [3.8, 4) is 0 Å². The van der Waals surface area contributed by atoms with E-state index in [0.717, 1.165) is 32.7 Å². The van der Waals surface area contributed by atoms with E-state index >= 15 is 0 Å². The van der Waals surface area contributed by atoms with Crippen molar-refractivity contribution in [1.29, 1.82) is 0 Å². The number of hydrogen-bond donors (Lipinski definition) is 2. The van der Waals surface area contributed by atoms with Gasteiger partial charge in [0.15, 0.2) is 0 Å². The average molecular weight is 256 g/mol. The summed E-state index contributed by atoms with van der Waals surface area (Å²) in [5.74, 6) is 0. The molecule has 0 radical (unpaired) electrons. The molecule has 0 saturated carbocycles. The van der Waals surface area contributed by atoms with Crippen LogP contribution in [0.15, 0.2) is 30.3 Å². The van der Waals surface area contributed by atoms with E-state index in [1.165, 1.54) is 5.56 Å². The average Bonchev–Trinajstić information content (AvgIpc) is 2.72. The van der Waals surface area contributed by atoms with Gasteiger partial charge in [0, 0.05) is 32.7 Å². The number of carbonyl (C=O) groups excluding carboxylic acids is 1. The Morgan fingerprint density at radius 1 is 1.29 bits per heavy atom. The van der Waals surface area contributed by atoms with Gasteiger partial charge in [-0.05, 0) is 5.56 Å². The maximum atomic E-state index is 11.2. The lowest BCUT2D eigenvalue weighted by Crippen LogP contribution is -2.34. The van der Waals surface area contributed by atoms with Crippen molar-refractivity contribution in [2.45, 2.75) is 6.54 Å². The molecule has 1 aromatic carbocycles. The minimum atomic E-state index is 0. The van der Waals surface area contributed by atoms with Crippen molar-refractivity contribution in [1.82, 2.24) is 15.5 Å². The Hall–Kier alpha value is -1.26. The molecule has 17 heavy (non-hydrogen) atoms. The number of benzene rings is 1. The minimum Gasteiger partial charge on any atom is -0.336 e. The van der Waals surface area contributed by atoms with E-state index in [1.807, 2.05) is 23.1 Å². The molecule has 1 fully saturated rings. The van der Waals surface area contributed by atoms with E-state index in [0.29, 0.717) is 0 Å². The second-order valence-corrected chi connectivity index (χ2v) is 3.88. The molecule has 0 atom stereocenters. The first-order chi connectivity index (χ1) is 7.86. The molecule has 1 saturated heterocycles. The molecule has 0 spiro atoms. The molecule has 2 N–H and O–H groups in total. The van der Waals surface area contributed by atoms with Crippen molar-refractivity contribution in [2.24, 2.45) is 0 Å². The monoisotopic (exact) mass is 255 g/mol. The van der Waals surface area contributed by atoms with Crippen molar-refractivity contribution >= 4 is 18.4 Å². The molecule has 0 aliphatic carbocycles. The lowest BCUT2D eigenvalue weighted by atomic mass is 10.2. The van der Waals surface area contributed by atoms with Crippen LogP contribution in [-0.4, -0.2) is 37.1 Å². The predicted molar refractivity (Wildman–Crippen MR) is 70.4 cm³/mol. The summed E-state index contributed by atoms with van der Waals surface area (Å²) in [7, 11) is 0. The van der Waals surface area contributed by atoms with Crippen molar-refractivity contribution in [3.05, 3.63) is 35.9 Å². The summed E-state index contributed by atoms with van der Waals surface area (Å²) in [6.45, 7) is 4.07. The molecule has 1 aromatic rings. The lowest BCUT2D eigenvalue weighted by Gasteiger charge is -2.14. The predicted octanol–water partition coefficient (Wildman–Crippen LogP) is 1.22. The fourth-order valence-corrected chi connectivity index (χ4v) is 1.77. The summed E-state index contributed by atoms with van der Waals surface area (Å²) in [5.41, 5.74) is 1.27. The van der Waals surface area contributed by atoms with Gasteiger partial charge in [0.1, 0.15) is 0 Å². The summed E-state index contributed by atoms with van der Waals surface area (Å²) >= 11 is 0. The summed E-state index contributed by atoms with van der Waals surface area (Å²) in [6, 6.07) is 10.3. The van der Waals surface area contributed by atoms with Crippen LogP contribution in [0.5, 0.6) is 0 Å². The summed E-state index contributed by atoms with van der Waals surface area (Å²) in [6.07, 6.45) is 0. The molecular formula is C12H18ClN3O. The first-order valence-corrected chi connectivity index (χ1v) is 5.64. The third-order valence-electron chi connectivity index (χ3n) is 2.68. The Bertz CT molecular complexity index is 345. The summed E-state index contributed by atoms with van der Waals surface area (Å²) in [5, 5.41) is 6.11. The number of halogens is 1. The van der Waals surface area contributed by atoms with Gasteiger partial charge in [-0.3, -0.25) is 0 Å². The fraction of sp³-hybridized carbons (Fsp3) is 0.417. The van der Waals surface area contributed by atoms with Crippen molar-refractivity contribution < 1.29 is 4.79 Å². The molecule has 1 aliphatic rings. The van der Waals surface area contributed by atoms with Gasteiger partial charge in [0.2, 0.25) is 0 Å². The van der Waals surface area contributed by atoms with Crippen LogP contribution in [0.25, 0.3) is 0 Å². The van der Waals surface area contributed by atoms with Crippen LogP contribution >= 0.6 is 12.4 Å². The normalized spacial score (nSPS) is 14.4. The number of nitrogens with one attached hydrogen (secondary N) is 2. The van der Waals surface area contributed by atoms with Crippen LogP contribution < -0.4 is 10.6 Å². The maximum Gasteiger partial charge on any atom is 0.317 e. The van der Waals surface area contributed by atoms with Gasteiger partial charge < -0.3 is 15.5 Å². The first-order valence-electron chi connectivity index (χ1n) is 5.64. The van der Waals surface area contributed by atoms with Gasteiger partial charge in [-0.25, -0.2) is 4.79 Å². The molecule has 1 aliphatic heterocycles. The lowest BCUT2D eigenvalue weighted by molar-refractivity contribution is 0.217. The number of amides is 2. The zero-order valence-electron chi connectivity index (χ0n) is 9.69. The van der Waals surface area contributed by atoms with Crippen LogP contribution in [0.2, 0.25) is 0 Å². The van der Waals surface area contributed by atoms with Gasteiger partial charge in [-0.15, -0.1) is 12.4 Å². The Kier molecular flexibility index (Phi) is 5.80. The number of nitrogens with zero attached hydrogens (tertiary/aromatic N) is 1. The van der Waals surface area contributed by atoms with E-state index < -0.39 is 0 Å². The Morgan fingerprint density at radius 3 is 2.71 bits per heavy atom. The van der Waals surface area contributed by atoms with Crippen molar-refractivity contribution in [2.75, 3.05) is 26.2 Å². The van der Waals surface area contributed by atoms with Crippen LogP contribution in [0.4, 0.5) is 4.79 Å². The van der Waals surface area contributed by atoms with E-state index in [-0.39, 0.29) is 18.4 Å². The highest BCUT2D eigenvalue weighted by Crippen LogP contribution is 1.98. The highest BCUT2D eigenvalue weighted by atomic mass is 35.5. The van der Waals surface area contributed by atoms with Crippen molar-refractivity contribution in [3.63, 3.8) is 0 Å². The van der Waals surface area contributed by atoms with Crippen LogP contribution in [0, 0.1) is 0 Å². The molecule has 5 heteroatoms. The van der Waals surface area contributed by atoms with Gasteiger partial charge >= 0.3 is 6.03 Å². The fourth-order valence-electron chi connectivity index (χ4n) is 1.77. The summed E-state index contributed by atoms with van der Waals surface area (Å²) < 4.78 is 0. The molecule has 0 bridgehead atoms. The molecule has 2 amide bonds. The van der Waals surface area contributed by atoms with Gasteiger partial charge in [0.05, 0.1) is 0 Å².